The van der Waals surface area contributed by atoms with E-state index in [1.54, 1.807) is 19.4 Å². The normalized spacial score (nSPS) is 10.8. The predicted octanol–water partition coefficient (Wildman–Crippen LogP) is 2.98. The molecule has 0 unspecified atom stereocenters. The number of anilines is 1. The third kappa shape index (κ3) is 4.61. The van der Waals surface area contributed by atoms with Gasteiger partial charge in [-0.15, -0.1) is 0 Å². The van der Waals surface area contributed by atoms with E-state index in [9.17, 15) is 4.79 Å². The molecule has 6 nitrogen and oxygen atoms in total. The Balaban J connectivity index is 1.47. The monoisotopic (exact) mass is 352 g/mol. The van der Waals surface area contributed by atoms with Crippen LogP contribution in [0.5, 0.6) is 0 Å². The average molecular weight is 352 g/mol. The van der Waals surface area contributed by atoms with Crippen molar-refractivity contribution in [1.29, 1.82) is 0 Å². The molecular weight excluding hydrogens is 328 g/mol. The molecule has 0 bridgehead atoms. The molecular formula is C20H24N4O2. The number of benzene rings is 1. The lowest BCUT2D eigenvalue weighted by molar-refractivity contribution is 0.0948. The van der Waals surface area contributed by atoms with Gasteiger partial charge in [-0.25, -0.2) is 4.98 Å². The number of carbonyl (C=O) groups is 1. The number of rotatable bonds is 9. The summed E-state index contributed by atoms with van der Waals surface area (Å²) in [6, 6.07) is 11.9. The molecule has 3 N–H and O–H groups in total. The van der Waals surface area contributed by atoms with Crippen LogP contribution in [0.3, 0.4) is 0 Å². The Morgan fingerprint density at radius 1 is 1.19 bits per heavy atom. The molecule has 0 spiro atoms. The van der Waals surface area contributed by atoms with Crippen molar-refractivity contribution in [2.75, 3.05) is 32.1 Å². The molecule has 6 heteroatoms. The highest BCUT2D eigenvalue weighted by atomic mass is 16.5. The molecule has 3 rings (SSSR count). The third-order valence-corrected chi connectivity index (χ3v) is 4.21. The van der Waals surface area contributed by atoms with Gasteiger partial charge < -0.3 is 20.4 Å². The number of amides is 1. The fraction of sp³-hybridized carbons (Fsp3) is 0.300. The summed E-state index contributed by atoms with van der Waals surface area (Å²) in [5.41, 5.74) is 2.99. The first kappa shape index (κ1) is 17.9. The molecule has 1 amide bonds. The summed E-state index contributed by atoms with van der Waals surface area (Å²) in [6.45, 7) is 2.01. The third-order valence-electron chi connectivity index (χ3n) is 4.21. The summed E-state index contributed by atoms with van der Waals surface area (Å²) in [4.78, 5) is 19.6. The maximum Gasteiger partial charge on any atom is 0.252 e. The molecule has 3 aromatic rings. The number of ether oxygens (including phenoxy) is 1. The Hall–Kier alpha value is -2.86. The highest BCUT2D eigenvalue weighted by Crippen LogP contribution is 2.18. The maximum absolute atomic E-state index is 12.0. The van der Waals surface area contributed by atoms with Gasteiger partial charge in [0.1, 0.15) is 5.82 Å². The molecule has 0 fully saturated rings. The fourth-order valence-corrected chi connectivity index (χ4v) is 2.82. The number of fused-ring (bicyclic) bond motifs is 1. The first-order chi connectivity index (χ1) is 12.8. The van der Waals surface area contributed by atoms with E-state index in [4.69, 9.17) is 4.74 Å². The lowest BCUT2D eigenvalue weighted by Crippen LogP contribution is -2.25. The number of aromatic amines is 1. The second-order valence-electron chi connectivity index (χ2n) is 6.07. The van der Waals surface area contributed by atoms with Gasteiger partial charge in [-0.1, -0.05) is 18.2 Å². The predicted molar refractivity (Wildman–Crippen MR) is 104 cm³/mol. The lowest BCUT2D eigenvalue weighted by Gasteiger charge is -2.07. The van der Waals surface area contributed by atoms with E-state index in [-0.39, 0.29) is 5.91 Å². The molecule has 0 aliphatic heterocycles. The van der Waals surface area contributed by atoms with Crippen molar-refractivity contribution in [2.45, 2.75) is 12.8 Å². The van der Waals surface area contributed by atoms with Gasteiger partial charge in [-0.2, -0.15) is 0 Å². The van der Waals surface area contributed by atoms with Crippen LogP contribution in [0.4, 0.5) is 5.82 Å². The van der Waals surface area contributed by atoms with Crippen LogP contribution < -0.4 is 10.6 Å². The Labute approximate surface area is 153 Å². The van der Waals surface area contributed by atoms with Crippen LogP contribution in [0, 0.1) is 0 Å². The number of para-hydroxylation sites is 1. The zero-order chi connectivity index (χ0) is 18.2. The van der Waals surface area contributed by atoms with Gasteiger partial charge in [-0.05, 0) is 36.6 Å². The van der Waals surface area contributed by atoms with Crippen molar-refractivity contribution < 1.29 is 9.53 Å². The molecule has 2 aromatic heterocycles. The molecule has 0 aliphatic carbocycles. The van der Waals surface area contributed by atoms with Crippen molar-refractivity contribution in [1.82, 2.24) is 15.3 Å². The molecule has 2 heterocycles. The number of carbonyl (C=O) groups excluding carboxylic acids is 1. The number of nitrogens with zero attached hydrogens (tertiary/aromatic N) is 1. The SMILES string of the molecule is COCCCNC(=O)c1ccc(NCCc2c[nH]c3ccccc23)nc1. The van der Waals surface area contributed by atoms with Gasteiger partial charge in [0.2, 0.25) is 0 Å². The topological polar surface area (TPSA) is 79.0 Å². The molecule has 0 radical (unpaired) electrons. The fourth-order valence-electron chi connectivity index (χ4n) is 2.82. The van der Waals surface area contributed by atoms with Crippen molar-refractivity contribution in [3.8, 4) is 0 Å². The zero-order valence-electron chi connectivity index (χ0n) is 14.9. The van der Waals surface area contributed by atoms with Crippen LogP contribution in [0.1, 0.15) is 22.3 Å². The van der Waals surface area contributed by atoms with Crippen LogP contribution in [-0.2, 0) is 11.2 Å². The summed E-state index contributed by atoms with van der Waals surface area (Å²) >= 11 is 0. The number of H-pyrrole nitrogens is 1. The minimum atomic E-state index is -0.112. The standard InChI is InChI=1S/C20H24N4O2/c1-26-12-4-10-22-20(25)16-7-8-19(24-14-16)21-11-9-15-13-23-18-6-3-2-5-17(15)18/h2-3,5-8,13-14,23H,4,9-12H2,1H3,(H,21,24)(H,22,25). The van der Waals surface area contributed by atoms with Gasteiger partial charge >= 0.3 is 0 Å². The second kappa shape index (κ2) is 9.01. The van der Waals surface area contributed by atoms with Crippen molar-refractivity contribution in [3.05, 3.63) is 59.9 Å². The maximum atomic E-state index is 12.0. The Bertz CT molecular complexity index is 842. The van der Waals surface area contributed by atoms with Crippen LogP contribution in [0.25, 0.3) is 10.9 Å². The summed E-state index contributed by atoms with van der Waals surface area (Å²) in [5, 5.41) is 7.40. The number of hydrogen-bond donors (Lipinski definition) is 3. The summed E-state index contributed by atoms with van der Waals surface area (Å²) < 4.78 is 4.96. The first-order valence-corrected chi connectivity index (χ1v) is 8.80. The van der Waals surface area contributed by atoms with Gasteiger partial charge in [0.15, 0.2) is 0 Å². The molecule has 0 aliphatic rings. The van der Waals surface area contributed by atoms with E-state index >= 15 is 0 Å². The summed E-state index contributed by atoms with van der Waals surface area (Å²) in [7, 11) is 1.65. The van der Waals surface area contributed by atoms with E-state index in [0.717, 1.165) is 30.7 Å². The average Bonchev–Trinajstić information content (AvgIpc) is 3.09. The quantitative estimate of drug-likeness (QED) is 0.517. The molecule has 0 saturated heterocycles. The number of hydrogen-bond acceptors (Lipinski definition) is 4. The van der Waals surface area contributed by atoms with Crippen molar-refractivity contribution in [3.63, 3.8) is 0 Å². The molecule has 136 valence electrons. The summed E-state index contributed by atoms with van der Waals surface area (Å²) in [6.07, 6.45) is 5.34. The van der Waals surface area contributed by atoms with Crippen LogP contribution in [0.15, 0.2) is 48.8 Å². The van der Waals surface area contributed by atoms with E-state index < -0.39 is 0 Å². The van der Waals surface area contributed by atoms with Crippen LogP contribution in [0.2, 0.25) is 0 Å². The molecule has 1 aromatic carbocycles. The highest BCUT2D eigenvalue weighted by molar-refractivity contribution is 5.94. The van der Waals surface area contributed by atoms with Gasteiger partial charge in [0.05, 0.1) is 5.56 Å². The minimum Gasteiger partial charge on any atom is -0.385 e. The first-order valence-electron chi connectivity index (χ1n) is 8.80. The molecule has 0 atom stereocenters. The summed E-state index contributed by atoms with van der Waals surface area (Å²) in [5.74, 6) is 0.653. The molecule has 0 saturated carbocycles. The highest BCUT2D eigenvalue weighted by Gasteiger charge is 2.06. The van der Waals surface area contributed by atoms with E-state index in [2.05, 4.69) is 38.9 Å². The number of methoxy groups -OCH3 is 1. The largest absolute Gasteiger partial charge is 0.385 e. The van der Waals surface area contributed by atoms with E-state index in [1.807, 2.05) is 18.2 Å². The number of nitrogens with one attached hydrogen (secondary N) is 3. The van der Waals surface area contributed by atoms with E-state index in [0.29, 0.717) is 18.7 Å². The second-order valence-corrected chi connectivity index (χ2v) is 6.07. The number of pyridine rings is 1. The van der Waals surface area contributed by atoms with E-state index in [1.165, 1.54) is 10.9 Å². The van der Waals surface area contributed by atoms with Gasteiger partial charge in [-0.3, -0.25) is 4.79 Å². The Morgan fingerprint density at radius 3 is 2.88 bits per heavy atom. The Morgan fingerprint density at radius 2 is 2.08 bits per heavy atom. The van der Waals surface area contributed by atoms with Crippen LogP contribution >= 0.6 is 0 Å². The zero-order valence-corrected chi connectivity index (χ0v) is 14.9. The van der Waals surface area contributed by atoms with Gasteiger partial charge in [0, 0.05) is 50.1 Å². The molecule has 26 heavy (non-hydrogen) atoms. The van der Waals surface area contributed by atoms with Crippen LogP contribution in [-0.4, -0.2) is 42.7 Å². The number of aromatic nitrogens is 2. The minimum absolute atomic E-state index is 0.112. The van der Waals surface area contributed by atoms with Gasteiger partial charge in [0.25, 0.3) is 5.91 Å². The van der Waals surface area contributed by atoms with Crippen molar-refractivity contribution >= 4 is 22.6 Å². The lowest BCUT2D eigenvalue weighted by atomic mass is 10.1. The smallest absolute Gasteiger partial charge is 0.252 e. The van der Waals surface area contributed by atoms with Crippen molar-refractivity contribution in [2.24, 2.45) is 0 Å². The Kier molecular flexibility index (Phi) is 6.22.